The van der Waals surface area contributed by atoms with E-state index in [1.807, 2.05) is 43.3 Å². The van der Waals surface area contributed by atoms with Crippen LogP contribution in [0.5, 0.6) is 5.75 Å². The molecule has 0 N–H and O–H groups in total. The summed E-state index contributed by atoms with van der Waals surface area (Å²) in [5, 5.41) is 13.8. The molecule has 0 amide bonds. The molecular weight excluding hydrogens is 319 g/mol. The van der Waals surface area contributed by atoms with E-state index in [2.05, 4.69) is 0 Å². The highest BCUT2D eigenvalue weighted by molar-refractivity contribution is 7.49. The van der Waals surface area contributed by atoms with Crippen LogP contribution < -0.4 is 15.1 Å². The maximum Gasteiger partial charge on any atom is 0.119 e. The Labute approximate surface area is 137 Å². The minimum Gasteiger partial charge on any atom is -0.823 e. The second-order valence-corrected chi connectivity index (χ2v) is 6.24. The lowest BCUT2D eigenvalue weighted by atomic mass is 10.1. The summed E-state index contributed by atoms with van der Waals surface area (Å²) in [6.45, 7) is 2.94. The van der Waals surface area contributed by atoms with Crippen molar-refractivity contribution in [3.05, 3.63) is 58.6 Å². The summed E-state index contributed by atoms with van der Waals surface area (Å²) in [6, 6.07) is 12.9. The third-order valence-corrected chi connectivity index (χ3v) is 4.36. The van der Waals surface area contributed by atoms with Crippen molar-refractivity contribution in [1.29, 1.82) is 0 Å². The van der Waals surface area contributed by atoms with Gasteiger partial charge in [-0.3, -0.25) is 0 Å². The highest BCUT2D eigenvalue weighted by atomic mass is 35.5. The van der Waals surface area contributed by atoms with E-state index in [1.54, 1.807) is 13.2 Å². The number of methoxy groups -OCH3 is 1. The van der Waals surface area contributed by atoms with Crippen LogP contribution in [0, 0.1) is 6.92 Å². The van der Waals surface area contributed by atoms with Gasteiger partial charge in [-0.1, -0.05) is 31.9 Å². The van der Waals surface area contributed by atoms with Gasteiger partial charge in [-0.2, -0.15) is 0 Å². The first-order valence-electron chi connectivity index (χ1n) is 6.85. The highest BCUT2D eigenvalue weighted by Crippen LogP contribution is 2.21. The molecule has 3 nitrogen and oxygen atoms in total. The smallest absolute Gasteiger partial charge is 0.119 e. The number of rotatable bonds is 6. The summed E-state index contributed by atoms with van der Waals surface area (Å²) >= 11 is 6.13. The van der Waals surface area contributed by atoms with E-state index in [0.29, 0.717) is 32.0 Å². The van der Waals surface area contributed by atoms with Crippen LogP contribution in [0.4, 0.5) is 0 Å². The van der Waals surface area contributed by atoms with E-state index < -0.39 is 0 Å². The molecule has 0 spiro atoms. The third-order valence-electron chi connectivity index (χ3n) is 3.06. The van der Waals surface area contributed by atoms with Crippen LogP contribution in [0.2, 0.25) is 5.02 Å². The fraction of sp³-hybridized carbons (Fsp3) is 0.235. The first-order chi connectivity index (χ1) is 10.6. The normalized spacial score (nSPS) is 11.5. The van der Waals surface area contributed by atoms with Crippen LogP contribution in [-0.4, -0.2) is 25.8 Å². The van der Waals surface area contributed by atoms with Crippen molar-refractivity contribution in [3.63, 3.8) is 0 Å². The first-order valence-corrected chi connectivity index (χ1v) is 8.12. The standard InChI is InChI=1S/C17H18ClO3P/c1-12-4-3-5-15(18)16(12)17(19)22-14-8-6-13(7-9-14)21-11-10-20-2/h3-9,19H,10-11H2,1-2H3/p-1. The third kappa shape index (κ3) is 4.56. The second-order valence-electron chi connectivity index (χ2n) is 4.68. The lowest BCUT2D eigenvalue weighted by Crippen LogP contribution is -2.19. The van der Waals surface area contributed by atoms with Gasteiger partial charge in [0.05, 0.1) is 6.61 Å². The van der Waals surface area contributed by atoms with E-state index in [0.717, 1.165) is 16.6 Å². The van der Waals surface area contributed by atoms with Gasteiger partial charge in [0.15, 0.2) is 0 Å². The van der Waals surface area contributed by atoms with Crippen molar-refractivity contribution in [1.82, 2.24) is 0 Å². The van der Waals surface area contributed by atoms with E-state index in [9.17, 15) is 5.11 Å². The zero-order chi connectivity index (χ0) is 15.9. The minimum atomic E-state index is -0.00356. The number of halogens is 1. The van der Waals surface area contributed by atoms with Crippen molar-refractivity contribution in [2.75, 3.05) is 20.3 Å². The Balaban J connectivity index is 2.15. The molecule has 0 aromatic heterocycles. The molecule has 5 heteroatoms. The average Bonchev–Trinajstić information content (AvgIpc) is 2.49. The van der Waals surface area contributed by atoms with E-state index in [4.69, 9.17) is 21.1 Å². The van der Waals surface area contributed by atoms with Gasteiger partial charge < -0.3 is 14.6 Å². The molecule has 0 heterocycles. The molecule has 2 aromatic rings. The van der Waals surface area contributed by atoms with Crippen LogP contribution >= 0.6 is 19.8 Å². The molecule has 0 radical (unpaired) electrons. The maximum atomic E-state index is 12.4. The Kier molecular flexibility index (Phi) is 6.41. The fourth-order valence-electron chi connectivity index (χ4n) is 1.94. The Morgan fingerprint density at radius 3 is 2.50 bits per heavy atom. The first kappa shape index (κ1) is 17.0. The molecule has 0 bridgehead atoms. The largest absolute Gasteiger partial charge is 0.823 e. The van der Waals surface area contributed by atoms with Gasteiger partial charge >= 0.3 is 0 Å². The quantitative estimate of drug-likeness (QED) is 0.602. The molecule has 0 aliphatic rings. The summed E-state index contributed by atoms with van der Waals surface area (Å²) in [5.41, 5.74) is 1.48. The van der Waals surface area contributed by atoms with Gasteiger partial charge in [0.1, 0.15) is 12.4 Å². The summed E-state index contributed by atoms with van der Waals surface area (Å²) in [5.74, 6) is 0.761. The Morgan fingerprint density at radius 2 is 1.86 bits per heavy atom. The van der Waals surface area contributed by atoms with Gasteiger partial charge in [0.25, 0.3) is 0 Å². The van der Waals surface area contributed by atoms with Gasteiger partial charge in [0, 0.05) is 17.4 Å². The number of benzene rings is 2. The number of aryl methyl sites for hydroxylation is 1. The summed E-state index contributed by atoms with van der Waals surface area (Å²) in [4.78, 5) is 0. The summed E-state index contributed by atoms with van der Waals surface area (Å²) in [7, 11) is 2.23. The maximum absolute atomic E-state index is 12.4. The lowest BCUT2D eigenvalue weighted by Gasteiger charge is -2.16. The molecule has 116 valence electrons. The molecule has 0 saturated carbocycles. The second kappa shape index (κ2) is 8.30. The molecule has 0 unspecified atom stereocenters. The van der Waals surface area contributed by atoms with E-state index in [1.165, 1.54) is 0 Å². The minimum absolute atomic E-state index is 0.00356. The Morgan fingerprint density at radius 1 is 1.14 bits per heavy atom. The van der Waals surface area contributed by atoms with Crippen molar-refractivity contribution in [2.45, 2.75) is 6.92 Å². The van der Waals surface area contributed by atoms with E-state index >= 15 is 0 Å². The van der Waals surface area contributed by atoms with Crippen LogP contribution in [-0.2, 0) is 4.74 Å². The van der Waals surface area contributed by atoms with Gasteiger partial charge in [-0.15, -0.1) is 5.48 Å². The zero-order valence-corrected chi connectivity index (χ0v) is 14.2. The molecule has 0 saturated heterocycles. The molecular formula is C17H17ClO3P-. The molecule has 0 atom stereocenters. The number of ether oxygens (including phenoxy) is 2. The molecule has 0 fully saturated rings. The molecule has 2 rings (SSSR count). The highest BCUT2D eigenvalue weighted by Gasteiger charge is 2.02. The predicted molar refractivity (Wildman–Crippen MR) is 90.7 cm³/mol. The monoisotopic (exact) mass is 335 g/mol. The van der Waals surface area contributed by atoms with Gasteiger partial charge in [-0.25, -0.2) is 0 Å². The number of hydrogen-bond donors (Lipinski definition) is 0. The van der Waals surface area contributed by atoms with E-state index in [-0.39, 0.29) is 5.48 Å². The fourth-order valence-corrected chi connectivity index (χ4v) is 3.25. The van der Waals surface area contributed by atoms with Crippen LogP contribution in [0.25, 0.3) is 0 Å². The predicted octanol–water partition coefficient (Wildman–Crippen LogP) is 2.78. The van der Waals surface area contributed by atoms with Crippen LogP contribution in [0.1, 0.15) is 11.1 Å². The van der Waals surface area contributed by atoms with Crippen molar-refractivity contribution < 1.29 is 14.6 Å². The summed E-state index contributed by atoms with van der Waals surface area (Å²) in [6.07, 6.45) is 0. The summed E-state index contributed by atoms with van der Waals surface area (Å²) < 4.78 is 10.4. The van der Waals surface area contributed by atoms with Gasteiger partial charge in [-0.05, 0) is 48.4 Å². The Bertz CT molecular complexity index is 633. The zero-order valence-electron chi connectivity index (χ0n) is 12.5. The van der Waals surface area contributed by atoms with Gasteiger partial charge in [0.2, 0.25) is 0 Å². The topological polar surface area (TPSA) is 41.5 Å². The van der Waals surface area contributed by atoms with Crippen LogP contribution in [0.15, 0.2) is 42.5 Å². The lowest BCUT2D eigenvalue weighted by molar-refractivity contribution is -0.207. The van der Waals surface area contributed by atoms with Crippen molar-refractivity contribution >= 4 is 30.6 Å². The Hall–Kier alpha value is -1.38. The molecule has 0 aliphatic heterocycles. The SMILES string of the molecule is COCCOc1ccc(P=C([O-])c2c(C)cccc2Cl)cc1. The van der Waals surface area contributed by atoms with Crippen molar-refractivity contribution in [2.24, 2.45) is 0 Å². The van der Waals surface area contributed by atoms with Crippen LogP contribution in [0.3, 0.4) is 0 Å². The average molecular weight is 336 g/mol. The molecule has 22 heavy (non-hydrogen) atoms. The number of hydrogen-bond acceptors (Lipinski definition) is 3. The molecule has 2 aromatic carbocycles. The molecule has 0 aliphatic carbocycles. The van der Waals surface area contributed by atoms with Crippen molar-refractivity contribution in [3.8, 4) is 5.75 Å².